The minimum atomic E-state index is -0.103. The number of rotatable bonds is 5. The largest absolute Gasteiger partial charge is 0.455 e. The smallest absolute Gasteiger partial charge is 0.143 e. The molecule has 2 heterocycles. The van der Waals surface area contributed by atoms with E-state index in [1.807, 2.05) is 11.3 Å². The van der Waals surface area contributed by atoms with Gasteiger partial charge < -0.3 is 9.32 Å². The average molecular weight is 760 g/mol. The molecular formula is C55H37NOS. The van der Waals surface area contributed by atoms with Crippen molar-refractivity contribution in [2.75, 3.05) is 4.90 Å². The number of anilines is 3. The summed E-state index contributed by atoms with van der Waals surface area (Å²) in [5.41, 5.74) is 15.1. The summed E-state index contributed by atoms with van der Waals surface area (Å²) < 4.78 is 9.68. The zero-order valence-corrected chi connectivity index (χ0v) is 33.0. The number of thiophene rings is 1. The molecule has 0 N–H and O–H groups in total. The highest BCUT2D eigenvalue weighted by molar-refractivity contribution is 7.26. The Labute approximate surface area is 340 Å². The molecule has 3 heteroatoms. The summed E-state index contributed by atoms with van der Waals surface area (Å²) in [6.45, 7) is 4.70. The van der Waals surface area contributed by atoms with Crippen molar-refractivity contribution < 1.29 is 4.42 Å². The van der Waals surface area contributed by atoms with Gasteiger partial charge in [0.25, 0.3) is 0 Å². The van der Waals surface area contributed by atoms with Crippen LogP contribution in [0.1, 0.15) is 25.0 Å². The maximum absolute atomic E-state index is 7.13. The molecule has 12 rings (SSSR count). The molecule has 9 aromatic carbocycles. The van der Waals surface area contributed by atoms with Crippen LogP contribution >= 0.6 is 11.3 Å². The lowest BCUT2D eigenvalue weighted by Gasteiger charge is -2.26. The van der Waals surface area contributed by atoms with Crippen molar-refractivity contribution in [2.45, 2.75) is 19.3 Å². The van der Waals surface area contributed by atoms with E-state index in [9.17, 15) is 0 Å². The molecule has 0 atom stereocenters. The van der Waals surface area contributed by atoms with Gasteiger partial charge in [-0.25, -0.2) is 0 Å². The van der Waals surface area contributed by atoms with Gasteiger partial charge in [0.15, 0.2) is 0 Å². The molecule has 1 aliphatic carbocycles. The van der Waals surface area contributed by atoms with Crippen molar-refractivity contribution in [1.29, 1.82) is 0 Å². The van der Waals surface area contributed by atoms with Crippen LogP contribution in [0.4, 0.5) is 17.1 Å². The molecule has 0 aliphatic heterocycles. The summed E-state index contributed by atoms with van der Waals surface area (Å²) >= 11 is 1.85. The summed E-state index contributed by atoms with van der Waals surface area (Å²) in [7, 11) is 0. The van der Waals surface area contributed by atoms with Crippen molar-refractivity contribution in [1.82, 2.24) is 0 Å². The lowest BCUT2D eigenvalue weighted by atomic mass is 9.81. The highest BCUT2D eigenvalue weighted by Crippen LogP contribution is 2.52. The Bertz CT molecular complexity index is 3420. The zero-order valence-electron chi connectivity index (χ0n) is 32.2. The van der Waals surface area contributed by atoms with Crippen LogP contribution in [0.2, 0.25) is 0 Å². The van der Waals surface area contributed by atoms with E-state index >= 15 is 0 Å². The van der Waals surface area contributed by atoms with Crippen LogP contribution in [-0.4, -0.2) is 0 Å². The third-order valence-corrected chi connectivity index (χ3v) is 13.7. The van der Waals surface area contributed by atoms with Crippen molar-refractivity contribution in [2.24, 2.45) is 0 Å². The first kappa shape index (κ1) is 33.2. The average Bonchev–Trinajstić information content (AvgIpc) is 3.91. The fraction of sp³-hybridized carbons (Fsp3) is 0.0545. The molecule has 1 aliphatic rings. The molecule has 274 valence electrons. The lowest BCUT2D eigenvalue weighted by Crippen LogP contribution is -2.14. The fourth-order valence-electron chi connectivity index (χ4n) is 9.62. The van der Waals surface area contributed by atoms with Gasteiger partial charge >= 0.3 is 0 Å². The minimum absolute atomic E-state index is 0.103. The molecular weight excluding hydrogens is 723 g/mol. The topological polar surface area (TPSA) is 16.4 Å². The standard InChI is InChI=1S/C55H37NOS/c1-55(2)47-20-10-8-17-41(47)42-29-25-37(32-48(42)55)52-40-16-7-6-15-36(40)31-46-43-30-28-39(33-50(43)57-53(46)52)56(38-26-23-35(24-27-38)34-13-4-3-5-14-34)49-21-12-19-45-44-18-9-11-22-51(44)58-54(45)49/h3-33H,1-2H3. The molecule has 11 aromatic rings. The van der Waals surface area contributed by atoms with Crippen LogP contribution in [0.5, 0.6) is 0 Å². The van der Waals surface area contributed by atoms with Gasteiger partial charge in [-0.15, -0.1) is 11.3 Å². The molecule has 2 aromatic heterocycles. The molecule has 0 bridgehead atoms. The van der Waals surface area contributed by atoms with Gasteiger partial charge in [0.2, 0.25) is 0 Å². The summed E-state index contributed by atoms with van der Waals surface area (Å²) in [5, 5.41) is 7.19. The highest BCUT2D eigenvalue weighted by atomic mass is 32.1. The Balaban J connectivity index is 1.07. The van der Waals surface area contributed by atoms with Crippen LogP contribution in [0.15, 0.2) is 192 Å². The molecule has 58 heavy (non-hydrogen) atoms. The summed E-state index contributed by atoms with van der Waals surface area (Å²) in [6, 6.07) is 68.7. The fourth-order valence-corrected chi connectivity index (χ4v) is 10.8. The third kappa shape index (κ3) is 4.90. The van der Waals surface area contributed by atoms with E-state index in [0.29, 0.717) is 0 Å². The van der Waals surface area contributed by atoms with E-state index in [-0.39, 0.29) is 5.41 Å². The summed E-state index contributed by atoms with van der Waals surface area (Å²) in [5.74, 6) is 0. The Morgan fingerprint density at radius 1 is 0.466 bits per heavy atom. The monoisotopic (exact) mass is 759 g/mol. The number of furan rings is 1. The molecule has 0 saturated carbocycles. The van der Waals surface area contributed by atoms with E-state index in [4.69, 9.17) is 4.42 Å². The van der Waals surface area contributed by atoms with Gasteiger partial charge in [0, 0.05) is 54.7 Å². The Morgan fingerprint density at radius 2 is 1.16 bits per heavy atom. The molecule has 0 fully saturated rings. The van der Waals surface area contributed by atoms with Crippen molar-refractivity contribution in [3.05, 3.63) is 199 Å². The molecule has 2 nitrogen and oxygen atoms in total. The van der Waals surface area contributed by atoms with Gasteiger partial charge in [0.1, 0.15) is 11.2 Å². The number of fused-ring (bicyclic) bond motifs is 10. The first-order valence-corrected chi connectivity index (χ1v) is 20.8. The summed E-state index contributed by atoms with van der Waals surface area (Å²) in [6.07, 6.45) is 0. The predicted octanol–water partition coefficient (Wildman–Crippen LogP) is 16.2. The molecule has 0 unspecified atom stereocenters. The van der Waals surface area contributed by atoms with Crippen LogP contribution in [0, 0.1) is 0 Å². The Kier molecular flexibility index (Phi) is 7.18. The first-order valence-electron chi connectivity index (χ1n) is 20.0. The van der Waals surface area contributed by atoms with Crippen molar-refractivity contribution >= 4 is 81.3 Å². The van der Waals surface area contributed by atoms with Crippen LogP contribution in [-0.2, 0) is 5.41 Å². The van der Waals surface area contributed by atoms with Crippen LogP contribution < -0.4 is 4.90 Å². The van der Waals surface area contributed by atoms with E-state index in [1.165, 1.54) is 69.9 Å². The minimum Gasteiger partial charge on any atom is -0.455 e. The second-order valence-electron chi connectivity index (χ2n) is 16.1. The van der Waals surface area contributed by atoms with Crippen molar-refractivity contribution in [3.8, 4) is 33.4 Å². The van der Waals surface area contributed by atoms with Gasteiger partial charge in [-0.1, -0.05) is 147 Å². The quantitative estimate of drug-likeness (QED) is 0.174. The second kappa shape index (κ2) is 12.5. The molecule has 0 spiro atoms. The zero-order chi connectivity index (χ0) is 38.5. The van der Waals surface area contributed by atoms with Gasteiger partial charge in [-0.3, -0.25) is 0 Å². The maximum atomic E-state index is 7.13. The number of nitrogens with zero attached hydrogens (tertiary/aromatic N) is 1. The second-order valence-corrected chi connectivity index (χ2v) is 17.1. The van der Waals surface area contributed by atoms with Gasteiger partial charge in [0.05, 0.1) is 10.4 Å². The van der Waals surface area contributed by atoms with Crippen molar-refractivity contribution in [3.63, 3.8) is 0 Å². The lowest BCUT2D eigenvalue weighted by molar-refractivity contribution is 0.660. The SMILES string of the molecule is CC1(C)c2ccccc2-c2ccc(-c3c4ccccc4cc4c3oc3cc(N(c5ccc(-c6ccccc6)cc5)c5cccc6c5sc5ccccc56)ccc34)cc21. The van der Waals surface area contributed by atoms with E-state index in [0.717, 1.165) is 44.6 Å². The Hall–Kier alpha value is -6.94. The number of benzene rings is 9. The third-order valence-electron chi connectivity index (χ3n) is 12.5. The highest BCUT2D eigenvalue weighted by Gasteiger charge is 2.35. The normalized spacial score (nSPS) is 13.1. The first-order chi connectivity index (χ1) is 28.5. The Morgan fingerprint density at radius 3 is 2.03 bits per heavy atom. The number of hydrogen-bond acceptors (Lipinski definition) is 3. The van der Waals surface area contributed by atoms with Crippen LogP contribution in [0.25, 0.3) is 86.3 Å². The van der Waals surface area contributed by atoms with Gasteiger partial charge in [-0.2, -0.15) is 0 Å². The van der Waals surface area contributed by atoms with E-state index < -0.39 is 0 Å². The number of hydrogen-bond donors (Lipinski definition) is 0. The predicted molar refractivity (Wildman–Crippen MR) is 247 cm³/mol. The van der Waals surface area contributed by atoms with Crippen LogP contribution in [0.3, 0.4) is 0 Å². The maximum Gasteiger partial charge on any atom is 0.143 e. The van der Waals surface area contributed by atoms with Gasteiger partial charge in [-0.05, 0) is 98.2 Å². The van der Waals surface area contributed by atoms with E-state index in [1.54, 1.807) is 0 Å². The van der Waals surface area contributed by atoms with E-state index in [2.05, 4.69) is 207 Å². The molecule has 0 amide bonds. The molecule has 0 radical (unpaired) electrons. The summed E-state index contributed by atoms with van der Waals surface area (Å²) in [4.78, 5) is 2.40. The molecule has 0 saturated heterocycles.